The molecule has 1 unspecified atom stereocenters. The van der Waals surface area contributed by atoms with Crippen molar-refractivity contribution in [2.24, 2.45) is 0 Å². The lowest BCUT2D eigenvalue weighted by molar-refractivity contribution is 0.551. The van der Waals surface area contributed by atoms with Crippen LogP contribution >= 0.6 is 11.8 Å². The summed E-state index contributed by atoms with van der Waals surface area (Å²) in [5.74, 6) is 2.53. The number of thioether (sulfide) groups is 1. The second-order valence-corrected chi connectivity index (χ2v) is 4.74. The Labute approximate surface area is 88.7 Å². The predicted octanol–water partition coefficient (Wildman–Crippen LogP) is 1.38. The van der Waals surface area contributed by atoms with Crippen LogP contribution < -0.4 is 5.32 Å². The second kappa shape index (κ2) is 4.75. The Morgan fingerprint density at radius 3 is 3.21 bits per heavy atom. The van der Waals surface area contributed by atoms with Crippen molar-refractivity contribution in [1.82, 2.24) is 15.3 Å². The topological polar surface area (TPSA) is 37.8 Å². The predicted molar refractivity (Wildman–Crippen MR) is 59.3 cm³/mol. The van der Waals surface area contributed by atoms with Crippen LogP contribution in [0.3, 0.4) is 0 Å². The molecule has 14 heavy (non-hydrogen) atoms. The van der Waals surface area contributed by atoms with E-state index in [2.05, 4.69) is 15.3 Å². The molecule has 0 aromatic carbocycles. The molecule has 1 aliphatic heterocycles. The van der Waals surface area contributed by atoms with Gasteiger partial charge in [0.05, 0.1) is 5.69 Å². The summed E-state index contributed by atoms with van der Waals surface area (Å²) in [6.07, 6.45) is 2.92. The molecule has 76 valence electrons. The zero-order valence-electron chi connectivity index (χ0n) is 8.36. The van der Waals surface area contributed by atoms with Crippen LogP contribution in [0.2, 0.25) is 0 Å². The van der Waals surface area contributed by atoms with Crippen LogP contribution in [-0.4, -0.2) is 27.5 Å². The van der Waals surface area contributed by atoms with Gasteiger partial charge in [-0.3, -0.25) is 0 Å². The van der Waals surface area contributed by atoms with Gasteiger partial charge in [-0.2, -0.15) is 11.8 Å². The molecule has 1 aromatic heterocycles. The Balaban J connectivity index is 1.85. The van der Waals surface area contributed by atoms with Crippen LogP contribution in [0.25, 0.3) is 0 Å². The highest BCUT2D eigenvalue weighted by atomic mass is 32.2. The van der Waals surface area contributed by atoms with Crippen molar-refractivity contribution < 1.29 is 0 Å². The van der Waals surface area contributed by atoms with Gasteiger partial charge in [-0.25, -0.2) is 9.97 Å². The van der Waals surface area contributed by atoms with E-state index in [9.17, 15) is 0 Å². The highest BCUT2D eigenvalue weighted by Crippen LogP contribution is 2.17. The molecule has 1 saturated heterocycles. The summed E-state index contributed by atoms with van der Waals surface area (Å²) in [6, 6.07) is 2.71. The van der Waals surface area contributed by atoms with Gasteiger partial charge in [0, 0.05) is 24.0 Å². The maximum atomic E-state index is 4.22. The zero-order valence-corrected chi connectivity index (χ0v) is 9.18. The summed E-state index contributed by atoms with van der Waals surface area (Å²) >= 11 is 2.03. The molecule has 0 saturated carbocycles. The van der Waals surface area contributed by atoms with Gasteiger partial charge in [0.15, 0.2) is 0 Å². The van der Waals surface area contributed by atoms with E-state index in [1.54, 1.807) is 6.33 Å². The molecule has 0 radical (unpaired) electrons. The van der Waals surface area contributed by atoms with Crippen LogP contribution in [0, 0.1) is 6.92 Å². The summed E-state index contributed by atoms with van der Waals surface area (Å²) in [5, 5.41) is 3.51. The highest BCUT2D eigenvalue weighted by molar-refractivity contribution is 7.99. The molecule has 1 fully saturated rings. The SMILES string of the molecule is Cc1cc(CNC2CCSC2)ncn1. The normalized spacial score (nSPS) is 21.4. The minimum absolute atomic E-state index is 0.676. The third-order valence-corrected chi connectivity index (χ3v) is 3.52. The number of rotatable bonds is 3. The molecule has 2 heterocycles. The fraction of sp³-hybridized carbons (Fsp3) is 0.600. The number of nitrogens with one attached hydrogen (secondary N) is 1. The number of nitrogens with zero attached hydrogens (tertiary/aromatic N) is 2. The highest BCUT2D eigenvalue weighted by Gasteiger charge is 2.14. The molecule has 2 rings (SSSR count). The Hall–Kier alpha value is -0.610. The molecule has 1 aromatic rings. The van der Waals surface area contributed by atoms with Gasteiger partial charge in [0.2, 0.25) is 0 Å². The lowest BCUT2D eigenvalue weighted by Gasteiger charge is -2.10. The Kier molecular flexibility index (Phi) is 3.37. The number of aryl methyl sites for hydroxylation is 1. The van der Waals surface area contributed by atoms with Crippen molar-refractivity contribution in [3.05, 3.63) is 23.8 Å². The second-order valence-electron chi connectivity index (χ2n) is 3.59. The monoisotopic (exact) mass is 209 g/mol. The Morgan fingerprint density at radius 2 is 2.50 bits per heavy atom. The van der Waals surface area contributed by atoms with E-state index in [1.165, 1.54) is 17.9 Å². The Morgan fingerprint density at radius 1 is 1.57 bits per heavy atom. The van der Waals surface area contributed by atoms with Gasteiger partial charge >= 0.3 is 0 Å². The lowest BCUT2D eigenvalue weighted by atomic mass is 10.2. The van der Waals surface area contributed by atoms with Crippen molar-refractivity contribution in [3.8, 4) is 0 Å². The summed E-state index contributed by atoms with van der Waals surface area (Å²) in [5.41, 5.74) is 2.13. The van der Waals surface area contributed by atoms with E-state index < -0.39 is 0 Å². The minimum atomic E-state index is 0.676. The fourth-order valence-corrected chi connectivity index (χ4v) is 2.74. The van der Waals surface area contributed by atoms with Gasteiger partial charge in [0.1, 0.15) is 6.33 Å². The maximum Gasteiger partial charge on any atom is 0.115 e. The van der Waals surface area contributed by atoms with Crippen molar-refractivity contribution >= 4 is 11.8 Å². The van der Waals surface area contributed by atoms with Gasteiger partial charge in [0.25, 0.3) is 0 Å². The summed E-state index contributed by atoms with van der Waals surface area (Å²) < 4.78 is 0. The number of hydrogen-bond donors (Lipinski definition) is 1. The quantitative estimate of drug-likeness (QED) is 0.816. The molecule has 4 heteroatoms. The summed E-state index contributed by atoms with van der Waals surface area (Å²) in [6.45, 7) is 2.87. The third-order valence-electron chi connectivity index (χ3n) is 2.36. The van der Waals surface area contributed by atoms with Gasteiger partial charge in [-0.05, 0) is 25.2 Å². The molecule has 1 atom stereocenters. The Bertz CT molecular complexity index is 297. The third kappa shape index (κ3) is 2.69. The maximum absolute atomic E-state index is 4.22. The lowest BCUT2D eigenvalue weighted by Crippen LogP contribution is -2.28. The van der Waals surface area contributed by atoms with Crippen molar-refractivity contribution in [2.45, 2.75) is 25.9 Å². The first-order chi connectivity index (χ1) is 6.84. The average molecular weight is 209 g/mol. The van der Waals surface area contributed by atoms with Gasteiger partial charge in [-0.1, -0.05) is 0 Å². The molecular formula is C10H15N3S. The number of hydrogen-bond acceptors (Lipinski definition) is 4. The summed E-state index contributed by atoms with van der Waals surface area (Å²) in [7, 11) is 0. The van der Waals surface area contributed by atoms with E-state index in [0.29, 0.717) is 6.04 Å². The first-order valence-electron chi connectivity index (χ1n) is 4.93. The minimum Gasteiger partial charge on any atom is -0.308 e. The average Bonchev–Trinajstić information content (AvgIpc) is 2.67. The van der Waals surface area contributed by atoms with Crippen LogP contribution in [0.4, 0.5) is 0 Å². The zero-order chi connectivity index (χ0) is 9.80. The van der Waals surface area contributed by atoms with E-state index in [1.807, 2.05) is 24.8 Å². The van der Waals surface area contributed by atoms with E-state index in [4.69, 9.17) is 0 Å². The van der Waals surface area contributed by atoms with Crippen molar-refractivity contribution in [1.29, 1.82) is 0 Å². The molecule has 0 amide bonds. The molecule has 1 aliphatic rings. The van der Waals surface area contributed by atoms with E-state index in [0.717, 1.165) is 17.9 Å². The van der Waals surface area contributed by atoms with Crippen LogP contribution in [0.5, 0.6) is 0 Å². The molecule has 1 N–H and O–H groups in total. The standard InChI is InChI=1S/C10H15N3S/c1-8-4-10(13-7-12-8)5-11-9-2-3-14-6-9/h4,7,9,11H,2-3,5-6H2,1H3. The number of aromatic nitrogens is 2. The molecule has 0 bridgehead atoms. The summed E-state index contributed by atoms with van der Waals surface area (Å²) in [4.78, 5) is 8.30. The van der Waals surface area contributed by atoms with Gasteiger partial charge in [-0.15, -0.1) is 0 Å². The molecule has 3 nitrogen and oxygen atoms in total. The van der Waals surface area contributed by atoms with Crippen LogP contribution in [0.15, 0.2) is 12.4 Å². The van der Waals surface area contributed by atoms with Crippen LogP contribution in [-0.2, 0) is 6.54 Å². The van der Waals surface area contributed by atoms with E-state index >= 15 is 0 Å². The first kappa shape index (κ1) is 9.93. The smallest absolute Gasteiger partial charge is 0.115 e. The van der Waals surface area contributed by atoms with Crippen molar-refractivity contribution in [2.75, 3.05) is 11.5 Å². The molecule has 0 spiro atoms. The van der Waals surface area contributed by atoms with E-state index in [-0.39, 0.29) is 0 Å². The molecular weight excluding hydrogens is 194 g/mol. The van der Waals surface area contributed by atoms with Gasteiger partial charge < -0.3 is 5.32 Å². The largest absolute Gasteiger partial charge is 0.308 e. The van der Waals surface area contributed by atoms with Crippen LogP contribution in [0.1, 0.15) is 17.8 Å². The fourth-order valence-electron chi connectivity index (χ4n) is 1.55. The first-order valence-corrected chi connectivity index (χ1v) is 6.09. The molecule has 0 aliphatic carbocycles. The van der Waals surface area contributed by atoms with Crippen molar-refractivity contribution in [3.63, 3.8) is 0 Å².